The molecule has 172 valence electrons. The molecule has 1 amide bonds. The molecular formula is C28H28N4O2. The lowest BCUT2D eigenvalue weighted by molar-refractivity contribution is 0.0939. The molecule has 34 heavy (non-hydrogen) atoms. The smallest absolute Gasteiger partial charge is 0.252 e. The largest absolute Gasteiger partial charge is 0.497 e. The third-order valence-electron chi connectivity index (χ3n) is 6.47. The Kier molecular flexibility index (Phi) is 6.49. The second-order valence-electron chi connectivity index (χ2n) is 8.55. The summed E-state index contributed by atoms with van der Waals surface area (Å²) in [6, 6.07) is 21.8. The zero-order valence-electron chi connectivity index (χ0n) is 19.3. The van der Waals surface area contributed by atoms with Crippen molar-refractivity contribution in [2.24, 2.45) is 0 Å². The molecule has 3 heterocycles. The van der Waals surface area contributed by atoms with Gasteiger partial charge in [-0.1, -0.05) is 30.3 Å². The molecule has 1 atom stereocenters. The zero-order chi connectivity index (χ0) is 23.3. The molecule has 1 saturated heterocycles. The van der Waals surface area contributed by atoms with Crippen LogP contribution in [0.5, 0.6) is 5.75 Å². The van der Waals surface area contributed by atoms with Crippen LogP contribution >= 0.6 is 0 Å². The quantitative estimate of drug-likeness (QED) is 0.433. The van der Waals surface area contributed by atoms with Gasteiger partial charge in [0.15, 0.2) is 0 Å². The van der Waals surface area contributed by atoms with E-state index in [-0.39, 0.29) is 11.9 Å². The average molecular weight is 453 g/mol. The van der Waals surface area contributed by atoms with Gasteiger partial charge in [0.2, 0.25) is 0 Å². The van der Waals surface area contributed by atoms with E-state index in [4.69, 9.17) is 9.72 Å². The number of pyridine rings is 2. The van der Waals surface area contributed by atoms with Crippen molar-refractivity contribution in [3.63, 3.8) is 0 Å². The monoisotopic (exact) mass is 452 g/mol. The van der Waals surface area contributed by atoms with Crippen LogP contribution in [-0.2, 0) is 0 Å². The van der Waals surface area contributed by atoms with Gasteiger partial charge in [0, 0.05) is 29.9 Å². The predicted molar refractivity (Wildman–Crippen MR) is 134 cm³/mol. The number of rotatable bonds is 7. The molecule has 1 aliphatic heterocycles. The van der Waals surface area contributed by atoms with Crippen molar-refractivity contribution in [3.8, 4) is 17.0 Å². The van der Waals surface area contributed by atoms with Gasteiger partial charge in [-0.2, -0.15) is 0 Å². The summed E-state index contributed by atoms with van der Waals surface area (Å²) in [6.45, 7) is 2.61. The number of fused-ring (bicyclic) bond motifs is 1. The Hall–Kier alpha value is -3.77. The van der Waals surface area contributed by atoms with E-state index in [1.54, 1.807) is 19.5 Å². The van der Waals surface area contributed by atoms with Crippen LogP contribution in [-0.4, -0.2) is 47.5 Å². The minimum atomic E-state index is -0.0911. The Bertz CT molecular complexity index is 1270. The number of nitrogens with one attached hydrogen (secondary N) is 1. The van der Waals surface area contributed by atoms with Crippen molar-refractivity contribution < 1.29 is 9.53 Å². The molecular weight excluding hydrogens is 424 g/mol. The summed E-state index contributed by atoms with van der Waals surface area (Å²) in [5.74, 6) is 0.742. The van der Waals surface area contributed by atoms with E-state index < -0.39 is 0 Å². The van der Waals surface area contributed by atoms with Crippen molar-refractivity contribution in [2.75, 3.05) is 26.7 Å². The first kappa shape index (κ1) is 22.0. The topological polar surface area (TPSA) is 67.3 Å². The van der Waals surface area contributed by atoms with Crippen LogP contribution in [0.4, 0.5) is 0 Å². The molecule has 2 aromatic heterocycles. The number of carbonyl (C=O) groups excluding carboxylic acids is 1. The van der Waals surface area contributed by atoms with Crippen LogP contribution in [0.1, 0.15) is 34.8 Å². The van der Waals surface area contributed by atoms with Crippen molar-refractivity contribution in [2.45, 2.75) is 18.9 Å². The van der Waals surface area contributed by atoms with E-state index in [1.807, 2.05) is 54.6 Å². The molecule has 0 aliphatic carbocycles. The first-order chi connectivity index (χ1) is 16.7. The SMILES string of the molecule is COc1ccc(C(CNC(=O)c2cc(-c3ccncc3)nc3ccccc23)N2CCCC2)cc1. The molecule has 6 nitrogen and oxygen atoms in total. The van der Waals surface area contributed by atoms with Crippen molar-refractivity contribution >= 4 is 16.8 Å². The maximum Gasteiger partial charge on any atom is 0.252 e. The number of hydrogen-bond acceptors (Lipinski definition) is 5. The van der Waals surface area contributed by atoms with E-state index in [1.165, 1.54) is 18.4 Å². The molecule has 0 radical (unpaired) electrons. The number of amides is 1. The highest BCUT2D eigenvalue weighted by Gasteiger charge is 2.25. The van der Waals surface area contributed by atoms with E-state index in [2.05, 4.69) is 27.3 Å². The number of ether oxygens (including phenoxy) is 1. The molecule has 0 spiro atoms. The number of benzene rings is 2. The minimum absolute atomic E-state index is 0.0911. The fraction of sp³-hybridized carbons (Fsp3) is 0.250. The molecule has 0 saturated carbocycles. The summed E-state index contributed by atoms with van der Waals surface area (Å²) in [5.41, 5.74) is 4.31. The number of methoxy groups -OCH3 is 1. The Morgan fingerprint density at radius 2 is 1.76 bits per heavy atom. The van der Waals surface area contributed by atoms with Gasteiger partial charge in [0.05, 0.1) is 29.9 Å². The van der Waals surface area contributed by atoms with Crippen molar-refractivity contribution in [1.29, 1.82) is 0 Å². The molecule has 6 heteroatoms. The fourth-order valence-electron chi connectivity index (χ4n) is 4.66. The first-order valence-corrected chi connectivity index (χ1v) is 11.7. The molecule has 5 rings (SSSR count). The van der Waals surface area contributed by atoms with Crippen LogP contribution < -0.4 is 10.1 Å². The normalized spacial score (nSPS) is 14.7. The van der Waals surface area contributed by atoms with Crippen LogP contribution in [0.15, 0.2) is 79.1 Å². The number of likely N-dealkylation sites (tertiary alicyclic amines) is 1. The highest BCUT2D eigenvalue weighted by molar-refractivity contribution is 6.07. The number of para-hydroxylation sites is 1. The lowest BCUT2D eigenvalue weighted by atomic mass is 10.0. The lowest BCUT2D eigenvalue weighted by Crippen LogP contribution is -2.36. The fourth-order valence-corrected chi connectivity index (χ4v) is 4.66. The first-order valence-electron chi connectivity index (χ1n) is 11.7. The van der Waals surface area contributed by atoms with Crippen molar-refractivity contribution in [3.05, 3.63) is 90.3 Å². The summed E-state index contributed by atoms with van der Waals surface area (Å²) in [5, 5.41) is 4.07. The number of aromatic nitrogens is 2. The Morgan fingerprint density at radius 1 is 1.03 bits per heavy atom. The number of hydrogen-bond donors (Lipinski definition) is 1. The Balaban J connectivity index is 1.43. The second kappa shape index (κ2) is 10.0. The summed E-state index contributed by atoms with van der Waals surface area (Å²) in [6.07, 6.45) is 5.85. The maximum absolute atomic E-state index is 13.5. The molecule has 2 aromatic carbocycles. The standard InChI is InChI=1S/C28H28N4O2/c1-34-22-10-8-21(9-11-22)27(32-16-4-5-17-32)19-30-28(33)24-18-26(20-12-14-29-15-13-20)31-25-7-3-2-6-23(24)25/h2-3,6-15,18,27H,4-5,16-17,19H2,1H3,(H,30,33). The summed E-state index contributed by atoms with van der Waals surface area (Å²) in [7, 11) is 1.67. The van der Waals surface area contributed by atoms with Crippen LogP contribution in [0, 0.1) is 0 Å². The van der Waals surface area contributed by atoms with Gasteiger partial charge >= 0.3 is 0 Å². The highest BCUT2D eigenvalue weighted by Crippen LogP contribution is 2.28. The van der Waals surface area contributed by atoms with Crippen LogP contribution in [0.25, 0.3) is 22.2 Å². The molecule has 0 bridgehead atoms. The number of nitrogens with zero attached hydrogens (tertiary/aromatic N) is 3. The third kappa shape index (κ3) is 4.63. The van der Waals surface area contributed by atoms with E-state index >= 15 is 0 Å². The third-order valence-corrected chi connectivity index (χ3v) is 6.47. The van der Waals surface area contributed by atoms with Gasteiger partial charge in [-0.05, 0) is 67.9 Å². The van der Waals surface area contributed by atoms with Gasteiger partial charge in [-0.15, -0.1) is 0 Å². The van der Waals surface area contributed by atoms with Crippen LogP contribution in [0.2, 0.25) is 0 Å². The van der Waals surface area contributed by atoms with E-state index in [0.717, 1.165) is 41.0 Å². The average Bonchev–Trinajstić information content (AvgIpc) is 3.43. The molecule has 1 fully saturated rings. The van der Waals surface area contributed by atoms with Gasteiger partial charge in [-0.3, -0.25) is 14.7 Å². The maximum atomic E-state index is 13.5. The minimum Gasteiger partial charge on any atom is -0.497 e. The predicted octanol–water partition coefficient (Wildman–Crippen LogP) is 4.87. The van der Waals surface area contributed by atoms with E-state index in [9.17, 15) is 4.79 Å². The van der Waals surface area contributed by atoms with Crippen LogP contribution in [0.3, 0.4) is 0 Å². The molecule has 4 aromatic rings. The zero-order valence-corrected chi connectivity index (χ0v) is 19.3. The Morgan fingerprint density at radius 3 is 2.50 bits per heavy atom. The summed E-state index contributed by atoms with van der Waals surface area (Å²) >= 11 is 0. The summed E-state index contributed by atoms with van der Waals surface area (Å²) < 4.78 is 5.33. The Labute approximate surface area is 199 Å². The van der Waals surface area contributed by atoms with Gasteiger partial charge in [0.1, 0.15) is 5.75 Å². The molecule has 1 unspecified atom stereocenters. The van der Waals surface area contributed by atoms with Gasteiger partial charge in [0.25, 0.3) is 5.91 Å². The molecule has 1 aliphatic rings. The van der Waals surface area contributed by atoms with Crippen molar-refractivity contribution in [1.82, 2.24) is 20.2 Å². The second-order valence-corrected chi connectivity index (χ2v) is 8.55. The van der Waals surface area contributed by atoms with Gasteiger partial charge in [-0.25, -0.2) is 4.98 Å². The van der Waals surface area contributed by atoms with Gasteiger partial charge < -0.3 is 10.1 Å². The summed E-state index contributed by atoms with van der Waals surface area (Å²) in [4.78, 5) is 24.8. The lowest BCUT2D eigenvalue weighted by Gasteiger charge is -2.28. The number of carbonyl (C=O) groups is 1. The molecule has 1 N–H and O–H groups in total. The highest BCUT2D eigenvalue weighted by atomic mass is 16.5. The van der Waals surface area contributed by atoms with E-state index in [0.29, 0.717) is 12.1 Å².